The molecule has 0 aliphatic rings. The summed E-state index contributed by atoms with van der Waals surface area (Å²) in [5.41, 5.74) is 2.31. The molecule has 8 heteroatoms. The molecule has 0 unspecified atom stereocenters. The van der Waals surface area contributed by atoms with Crippen molar-refractivity contribution in [3.63, 3.8) is 0 Å². The molecule has 0 aliphatic heterocycles. The number of carboxylic acid groups (broad SMARTS) is 1. The molecule has 4 N–H and O–H groups in total. The van der Waals surface area contributed by atoms with Gasteiger partial charge < -0.3 is 15.7 Å². The Morgan fingerprint density at radius 3 is 2.56 bits per heavy atom. The van der Waals surface area contributed by atoms with Crippen LogP contribution >= 0.6 is 0 Å². The van der Waals surface area contributed by atoms with Gasteiger partial charge >= 0.3 is 12.0 Å². The minimum atomic E-state index is -1.13. The molecule has 1 aromatic heterocycles. The molecular formula is C19H18N4O4. The Morgan fingerprint density at radius 2 is 1.85 bits per heavy atom. The van der Waals surface area contributed by atoms with E-state index in [9.17, 15) is 14.4 Å². The van der Waals surface area contributed by atoms with Crippen molar-refractivity contribution in [2.45, 2.75) is 19.9 Å². The standard InChI is InChI=1S/C19H18N4O4/c1-10-7-8-12(9-15(10)21-19(27)20-11(2)18(25)26)16-13-5-3-4-6-14(13)17(24)23-22-16/h3-9,11H,1-2H3,(H,23,24)(H,25,26)(H2,20,21,27)/t11-/m1/s1. The highest BCUT2D eigenvalue weighted by atomic mass is 16.4. The Labute approximate surface area is 154 Å². The molecule has 0 fully saturated rings. The number of aromatic amines is 1. The van der Waals surface area contributed by atoms with Gasteiger partial charge in [-0.2, -0.15) is 5.10 Å². The van der Waals surface area contributed by atoms with E-state index in [1.165, 1.54) is 6.92 Å². The van der Waals surface area contributed by atoms with Crippen LogP contribution in [0.4, 0.5) is 10.5 Å². The van der Waals surface area contributed by atoms with Crippen LogP contribution in [0.5, 0.6) is 0 Å². The van der Waals surface area contributed by atoms with Crippen LogP contribution in [0.3, 0.4) is 0 Å². The third-order valence-electron chi connectivity index (χ3n) is 4.17. The highest BCUT2D eigenvalue weighted by Gasteiger charge is 2.15. The lowest BCUT2D eigenvalue weighted by molar-refractivity contribution is -0.138. The number of fused-ring (bicyclic) bond motifs is 1. The Balaban J connectivity index is 1.97. The summed E-state index contributed by atoms with van der Waals surface area (Å²) in [7, 11) is 0. The molecule has 0 aliphatic carbocycles. The van der Waals surface area contributed by atoms with Crippen LogP contribution in [-0.4, -0.2) is 33.3 Å². The molecule has 0 radical (unpaired) electrons. The van der Waals surface area contributed by atoms with Gasteiger partial charge in [-0.05, 0) is 31.5 Å². The van der Waals surface area contributed by atoms with Crippen LogP contribution in [-0.2, 0) is 4.79 Å². The summed E-state index contributed by atoms with van der Waals surface area (Å²) >= 11 is 0. The molecule has 0 bridgehead atoms. The number of rotatable bonds is 4. The first-order valence-corrected chi connectivity index (χ1v) is 8.25. The van der Waals surface area contributed by atoms with Crippen LogP contribution in [0.15, 0.2) is 47.3 Å². The first kappa shape index (κ1) is 18.1. The van der Waals surface area contributed by atoms with Crippen molar-refractivity contribution in [3.8, 4) is 11.3 Å². The van der Waals surface area contributed by atoms with Crippen molar-refractivity contribution in [3.05, 3.63) is 58.4 Å². The number of nitrogens with one attached hydrogen (secondary N) is 3. The highest BCUT2D eigenvalue weighted by Crippen LogP contribution is 2.28. The van der Waals surface area contributed by atoms with Crippen molar-refractivity contribution in [2.24, 2.45) is 0 Å². The van der Waals surface area contributed by atoms with Crippen LogP contribution < -0.4 is 16.2 Å². The molecule has 1 atom stereocenters. The minimum absolute atomic E-state index is 0.276. The van der Waals surface area contributed by atoms with Crippen molar-refractivity contribution in [1.82, 2.24) is 15.5 Å². The number of nitrogens with zero attached hydrogens (tertiary/aromatic N) is 1. The molecule has 2 aromatic carbocycles. The maximum Gasteiger partial charge on any atom is 0.325 e. The molecule has 3 rings (SSSR count). The number of hydrogen-bond acceptors (Lipinski definition) is 4. The fraction of sp³-hybridized carbons (Fsp3) is 0.158. The van der Waals surface area contributed by atoms with Gasteiger partial charge in [-0.1, -0.05) is 30.3 Å². The van der Waals surface area contributed by atoms with Gasteiger partial charge in [0.15, 0.2) is 0 Å². The molecule has 0 saturated heterocycles. The number of aliphatic carboxylic acids is 1. The second kappa shape index (κ2) is 7.28. The minimum Gasteiger partial charge on any atom is -0.480 e. The third-order valence-corrected chi connectivity index (χ3v) is 4.17. The summed E-state index contributed by atoms with van der Waals surface area (Å²) in [6.07, 6.45) is 0. The summed E-state index contributed by atoms with van der Waals surface area (Å²) in [6, 6.07) is 10.9. The first-order valence-electron chi connectivity index (χ1n) is 8.25. The van der Waals surface area contributed by atoms with Crippen molar-refractivity contribution in [1.29, 1.82) is 0 Å². The lowest BCUT2D eigenvalue weighted by Crippen LogP contribution is -2.40. The average Bonchev–Trinajstić information content (AvgIpc) is 2.64. The number of hydrogen-bond donors (Lipinski definition) is 4. The van der Waals surface area contributed by atoms with E-state index in [0.29, 0.717) is 27.7 Å². The summed E-state index contributed by atoms with van der Waals surface area (Å²) in [5.74, 6) is -1.13. The second-order valence-electron chi connectivity index (χ2n) is 6.14. The molecule has 3 aromatic rings. The number of aryl methyl sites for hydroxylation is 1. The Hall–Kier alpha value is -3.68. The van der Waals surface area contributed by atoms with Crippen LogP contribution in [0, 0.1) is 6.92 Å². The summed E-state index contributed by atoms with van der Waals surface area (Å²) < 4.78 is 0. The molecule has 0 spiro atoms. The monoisotopic (exact) mass is 366 g/mol. The predicted molar refractivity (Wildman–Crippen MR) is 102 cm³/mol. The van der Waals surface area contributed by atoms with Crippen molar-refractivity contribution >= 4 is 28.5 Å². The zero-order valence-corrected chi connectivity index (χ0v) is 14.7. The fourth-order valence-corrected chi connectivity index (χ4v) is 2.66. The van der Waals surface area contributed by atoms with E-state index in [-0.39, 0.29) is 5.56 Å². The largest absolute Gasteiger partial charge is 0.480 e. The van der Waals surface area contributed by atoms with Crippen LogP contribution in [0.1, 0.15) is 12.5 Å². The highest BCUT2D eigenvalue weighted by molar-refractivity contribution is 5.96. The molecular weight excluding hydrogens is 348 g/mol. The van der Waals surface area contributed by atoms with Gasteiger partial charge in [-0.15, -0.1) is 0 Å². The van der Waals surface area contributed by atoms with Gasteiger partial charge in [0.2, 0.25) is 0 Å². The fourth-order valence-electron chi connectivity index (χ4n) is 2.66. The number of anilines is 1. The van der Waals surface area contributed by atoms with E-state index in [1.54, 1.807) is 24.3 Å². The van der Waals surface area contributed by atoms with Crippen LogP contribution in [0.2, 0.25) is 0 Å². The zero-order valence-electron chi connectivity index (χ0n) is 14.7. The van der Waals surface area contributed by atoms with Crippen LogP contribution in [0.25, 0.3) is 22.0 Å². The maximum absolute atomic E-state index is 12.0. The van der Waals surface area contributed by atoms with E-state index in [1.807, 2.05) is 25.1 Å². The molecule has 1 heterocycles. The number of urea groups is 1. The van der Waals surface area contributed by atoms with E-state index in [0.717, 1.165) is 5.56 Å². The zero-order chi connectivity index (χ0) is 19.6. The van der Waals surface area contributed by atoms with E-state index < -0.39 is 18.0 Å². The molecule has 8 nitrogen and oxygen atoms in total. The summed E-state index contributed by atoms with van der Waals surface area (Å²) in [5, 5.41) is 21.7. The summed E-state index contributed by atoms with van der Waals surface area (Å²) in [6.45, 7) is 3.19. The van der Waals surface area contributed by atoms with Gasteiger partial charge in [0.1, 0.15) is 6.04 Å². The van der Waals surface area contributed by atoms with Gasteiger partial charge in [-0.3, -0.25) is 9.59 Å². The smallest absolute Gasteiger partial charge is 0.325 e. The SMILES string of the molecule is Cc1ccc(-c2n[nH]c(=O)c3ccccc23)cc1NC(=O)N[C@H](C)C(=O)O. The topological polar surface area (TPSA) is 124 Å². The number of carboxylic acids is 1. The Kier molecular flexibility index (Phi) is 4.89. The number of carbonyl (C=O) groups excluding carboxylic acids is 1. The first-order chi connectivity index (χ1) is 12.9. The second-order valence-corrected chi connectivity index (χ2v) is 6.14. The van der Waals surface area contributed by atoms with Crippen molar-refractivity contribution < 1.29 is 14.7 Å². The Bertz CT molecular complexity index is 1090. The van der Waals surface area contributed by atoms with E-state index in [4.69, 9.17) is 5.11 Å². The van der Waals surface area contributed by atoms with E-state index in [2.05, 4.69) is 20.8 Å². The molecule has 138 valence electrons. The average molecular weight is 366 g/mol. The quantitative estimate of drug-likeness (QED) is 0.565. The number of aromatic nitrogens is 2. The third kappa shape index (κ3) is 3.79. The van der Waals surface area contributed by atoms with Gasteiger partial charge in [0.25, 0.3) is 5.56 Å². The molecule has 27 heavy (non-hydrogen) atoms. The maximum atomic E-state index is 12.0. The summed E-state index contributed by atoms with van der Waals surface area (Å²) in [4.78, 5) is 34.9. The number of benzene rings is 2. The lowest BCUT2D eigenvalue weighted by Gasteiger charge is -2.14. The van der Waals surface area contributed by atoms with E-state index >= 15 is 0 Å². The normalized spacial score (nSPS) is 11.8. The number of H-pyrrole nitrogens is 1. The number of amides is 2. The Morgan fingerprint density at radius 1 is 1.15 bits per heavy atom. The molecule has 0 saturated carbocycles. The van der Waals surface area contributed by atoms with Gasteiger partial charge in [0.05, 0.1) is 11.1 Å². The van der Waals surface area contributed by atoms with Crippen molar-refractivity contribution in [2.75, 3.05) is 5.32 Å². The van der Waals surface area contributed by atoms with Gasteiger partial charge in [-0.25, -0.2) is 9.89 Å². The molecule has 2 amide bonds. The predicted octanol–water partition coefficient (Wildman–Crippen LogP) is 2.49. The van der Waals surface area contributed by atoms with Gasteiger partial charge in [0, 0.05) is 16.6 Å². The number of carbonyl (C=O) groups is 2. The lowest BCUT2D eigenvalue weighted by atomic mass is 10.0.